The van der Waals surface area contributed by atoms with Crippen molar-refractivity contribution in [3.05, 3.63) is 45.4 Å². The summed E-state index contributed by atoms with van der Waals surface area (Å²) in [7, 11) is 0. The topological polar surface area (TPSA) is 111 Å². The SMILES string of the molecule is CCOc1cc(NC(=O)c2cc(Cl)c(N)cc2OCC)c(Cl)cc1C(=O)O. The largest absolute Gasteiger partial charge is 0.493 e. The molecule has 144 valence electrons. The van der Waals surface area contributed by atoms with Gasteiger partial charge in [0.05, 0.1) is 40.2 Å². The lowest BCUT2D eigenvalue weighted by Gasteiger charge is -2.15. The fourth-order valence-electron chi connectivity index (χ4n) is 2.30. The molecule has 7 nitrogen and oxygen atoms in total. The first-order valence-corrected chi connectivity index (χ1v) is 8.76. The smallest absolute Gasteiger partial charge is 0.339 e. The normalized spacial score (nSPS) is 10.4. The summed E-state index contributed by atoms with van der Waals surface area (Å²) < 4.78 is 10.8. The van der Waals surface area contributed by atoms with Crippen molar-refractivity contribution in [3.8, 4) is 11.5 Å². The number of carboxylic acid groups (broad SMARTS) is 1. The lowest BCUT2D eigenvalue weighted by atomic mass is 10.1. The van der Waals surface area contributed by atoms with E-state index in [0.29, 0.717) is 6.61 Å². The minimum absolute atomic E-state index is 0.0451. The number of aromatic carboxylic acids is 1. The number of hydrogen-bond acceptors (Lipinski definition) is 5. The number of hydrogen-bond donors (Lipinski definition) is 3. The molecule has 1 amide bonds. The monoisotopic (exact) mass is 412 g/mol. The van der Waals surface area contributed by atoms with E-state index in [0.717, 1.165) is 0 Å². The number of nitrogens with two attached hydrogens (primary N) is 1. The molecule has 0 heterocycles. The minimum atomic E-state index is -1.19. The molecule has 27 heavy (non-hydrogen) atoms. The van der Waals surface area contributed by atoms with Gasteiger partial charge in [0.15, 0.2) is 0 Å². The molecule has 2 rings (SSSR count). The predicted octanol–water partition coefficient (Wildman–Crippen LogP) is 4.32. The van der Waals surface area contributed by atoms with Gasteiger partial charge in [-0.1, -0.05) is 23.2 Å². The van der Waals surface area contributed by atoms with E-state index >= 15 is 0 Å². The molecule has 0 bridgehead atoms. The molecule has 9 heteroatoms. The lowest BCUT2D eigenvalue weighted by molar-refractivity contribution is 0.0692. The summed E-state index contributed by atoms with van der Waals surface area (Å²) in [5.74, 6) is -1.39. The molecule has 0 saturated carbocycles. The Balaban J connectivity index is 2.42. The molecule has 4 N–H and O–H groups in total. The molecule has 0 aromatic heterocycles. The van der Waals surface area contributed by atoms with Crippen LogP contribution in [0.1, 0.15) is 34.6 Å². The molecular formula is C18H18Cl2N2O5. The van der Waals surface area contributed by atoms with Crippen molar-refractivity contribution in [3.63, 3.8) is 0 Å². The maximum absolute atomic E-state index is 12.7. The first-order valence-electron chi connectivity index (χ1n) is 8.01. The van der Waals surface area contributed by atoms with Crippen molar-refractivity contribution in [1.82, 2.24) is 0 Å². The lowest BCUT2D eigenvalue weighted by Crippen LogP contribution is -2.15. The van der Waals surface area contributed by atoms with Crippen LogP contribution in [0.3, 0.4) is 0 Å². The average Bonchev–Trinajstić information content (AvgIpc) is 2.60. The highest BCUT2D eigenvalue weighted by Crippen LogP contribution is 2.33. The number of carbonyl (C=O) groups is 2. The van der Waals surface area contributed by atoms with Crippen LogP contribution in [0.15, 0.2) is 24.3 Å². The maximum atomic E-state index is 12.7. The zero-order valence-electron chi connectivity index (χ0n) is 14.6. The predicted molar refractivity (Wildman–Crippen MR) is 105 cm³/mol. The van der Waals surface area contributed by atoms with Gasteiger partial charge in [-0.05, 0) is 26.0 Å². The summed E-state index contributed by atoms with van der Waals surface area (Å²) in [6.07, 6.45) is 0. The van der Waals surface area contributed by atoms with E-state index in [4.69, 9.17) is 38.4 Å². The van der Waals surface area contributed by atoms with Gasteiger partial charge in [-0.3, -0.25) is 4.79 Å². The van der Waals surface area contributed by atoms with E-state index in [1.54, 1.807) is 13.8 Å². The Bertz CT molecular complexity index is 887. The zero-order chi connectivity index (χ0) is 20.1. The third kappa shape index (κ3) is 4.75. The van der Waals surface area contributed by atoms with Crippen molar-refractivity contribution < 1.29 is 24.2 Å². The van der Waals surface area contributed by atoms with Gasteiger partial charge in [-0.2, -0.15) is 0 Å². The minimum Gasteiger partial charge on any atom is -0.493 e. The number of nitrogen functional groups attached to an aromatic ring is 1. The Morgan fingerprint density at radius 1 is 1.00 bits per heavy atom. The number of rotatable bonds is 7. The quantitative estimate of drug-likeness (QED) is 0.583. The van der Waals surface area contributed by atoms with Gasteiger partial charge in [-0.15, -0.1) is 0 Å². The summed E-state index contributed by atoms with van der Waals surface area (Å²) >= 11 is 12.1. The molecule has 2 aromatic rings. The standard InChI is InChI=1S/C18H18Cl2N2O5/c1-3-26-15-7-13(21)11(19)5-9(15)17(23)22-14-8-16(27-4-2)10(18(24)25)6-12(14)20/h5-8H,3-4,21H2,1-2H3,(H,22,23)(H,24,25). The van der Waals surface area contributed by atoms with Crippen LogP contribution in [0.25, 0.3) is 0 Å². The highest BCUT2D eigenvalue weighted by Gasteiger charge is 2.20. The third-order valence-electron chi connectivity index (χ3n) is 3.49. The second-order valence-corrected chi connectivity index (χ2v) is 6.14. The highest BCUT2D eigenvalue weighted by molar-refractivity contribution is 6.35. The molecule has 0 atom stereocenters. The van der Waals surface area contributed by atoms with Gasteiger partial charge in [0.1, 0.15) is 17.1 Å². The fourth-order valence-corrected chi connectivity index (χ4v) is 2.68. The third-order valence-corrected chi connectivity index (χ3v) is 4.13. The van der Waals surface area contributed by atoms with Crippen LogP contribution in [-0.4, -0.2) is 30.2 Å². The molecular weight excluding hydrogens is 395 g/mol. The molecule has 0 saturated heterocycles. The van der Waals surface area contributed by atoms with Gasteiger partial charge in [-0.25, -0.2) is 4.79 Å². The Morgan fingerprint density at radius 2 is 1.56 bits per heavy atom. The van der Waals surface area contributed by atoms with Crippen LogP contribution in [-0.2, 0) is 0 Å². The maximum Gasteiger partial charge on any atom is 0.339 e. The molecule has 0 fully saturated rings. The second kappa shape index (κ2) is 8.83. The number of carboxylic acids is 1. The molecule has 2 aromatic carbocycles. The molecule has 0 aliphatic heterocycles. The van der Waals surface area contributed by atoms with Gasteiger partial charge >= 0.3 is 5.97 Å². The van der Waals surface area contributed by atoms with Crippen molar-refractivity contribution >= 4 is 46.5 Å². The van der Waals surface area contributed by atoms with Crippen LogP contribution in [0, 0.1) is 0 Å². The van der Waals surface area contributed by atoms with E-state index < -0.39 is 11.9 Å². The summed E-state index contributed by atoms with van der Waals surface area (Å²) in [5.41, 5.74) is 6.27. The van der Waals surface area contributed by atoms with Gasteiger partial charge in [0, 0.05) is 12.1 Å². The van der Waals surface area contributed by atoms with Gasteiger partial charge in [0.2, 0.25) is 0 Å². The number of nitrogens with one attached hydrogen (secondary N) is 1. The second-order valence-electron chi connectivity index (χ2n) is 5.32. The van der Waals surface area contributed by atoms with E-state index in [1.165, 1.54) is 24.3 Å². The van der Waals surface area contributed by atoms with Crippen molar-refractivity contribution in [1.29, 1.82) is 0 Å². The van der Waals surface area contributed by atoms with Crippen LogP contribution >= 0.6 is 23.2 Å². The summed E-state index contributed by atoms with van der Waals surface area (Å²) in [6, 6.07) is 5.41. The Morgan fingerprint density at radius 3 is 2.11 bits per heavy atom. The average molecular weight is 413 g/mol. The van der Waals surface area contributed by atoms with E-state index in [1.807, 2.05) is 0 Å². The van der Waals surface area contributed by atoms with Crippen LogP contribution in [0.4, 0.5) is 11.4 Å². The van der Waals surface area contributed by atoms with Crippen molar-refractivity contribution in [2.75, 3.05) is 24.3 Å². The van der Waals surface area contributed by atoms with Crippen LogP contribution in [0.5, 0.6) is 11.5 Å². The number of carbonyl (C=O) groups excluding carboxylic acids is 1. The van der Waals surface area contributed by atoms with E-state index in [9.17, 15) is 14.7 Å². The van der Waals surface area contributed by atoms with Gasteiger partial charge < -0.3 is 25.6 Å². The highest BCUT2D eigenvalue weighted by atomic mass is 35.5. The van der Waals surface area contributed by atoms with Crippen molar-refractivity contribution in [2.24, 2.45) is 0 Å². The number of halogens is 2. The van der Waals surface area contributed by atoms with E-state index in [2.05, 4.69) is 5.32 Å². The molecule has 0 radical (unpaired) electrons. The first kappa shape index (κ1) is 20.7. The summed E-state index contributed by atoms with van der Waals surface area (Å²) in [4.78, 5) is 24.0. The summed E-state index contributed by atoms with van der Waals surface area (Å²) in [5, 5.41) is 12.1. The number of amides is 1. The summed E-state index contributed by atoms with van der Waals surface area (Å²) in [6.45, 7) is 4.05. The van der Waals surface area contributed by atoms with Gasteiger partial charge in [0.25, 0.3) is 5.91 Å². The first-order chi connectivity index (χ1) is 12.8. The molecule has 0 aliphatic rings. The number of anilines is 2. The molecule has 0 aliphatic carbocycles. The van der Waals surface area contributed by atoms with Crippen molar-refractivity contribution in [2.45, 2.75) is 13.8 Å². The van der Waals surface area contributed by atoms with E-state index in [-0.39, 0.29) is 50.7 Å². The molecule has 0 unspecified atom stereocenters. The van der Waals surface area contributed by atoms with Crippen LogP contribution < -0.4 is 20.5 Å². The van der Waals surface area contributed by atoms with Crippen LogP contribution in [0.2, 0.25) is 10.0 Å². The Kier molecular flexibility index (Phi) is 6.76. The number of benzene rings is 2. The molecule has 0 spiro atoms. The Hall–Kier alpha value is -2.64. The zero-order valence-corrected chi connectivity index (χ0v) is 16.1. The fraction of sp³-hybridized carbons (Fsp3) is 0.222. The number of ether oxygens (including phenoxy) is 2. The Labute approximate surface area is 166 Å².